The molecule has 1 heterocycles. The van der Waals surface area contributed by atoms with Gasteiger partial charge < -0.3 is 25.4 Å². The van der Waals surface area contributed by atoms with Gasteiger partial charge in [-0.3, -0.25) is 14.5 Å². The normalized spacial score (nSPS) is 16.1. The van der Waals surface area contributed by atoms with Crippen LogP contribution in [0.3, 0.4) is 0 Å². The van der Waals surface area contributed by atoms with E-state index < -0.39 is 18.1 Å². The third-order valence-corrected chi connectivity index (χ3v) is 3.08. The van der Waals surface area contributed by atoms with Gasteiger partial charge in [0.05, 0.1) is 6.54 Å². The average molecular weight is 288 g/mol. The molecule has 8 nitrogen and oxygen atoms in total. The van der Waals surface area contributed by atoms with Crippen molar-refractivity contribution in [1.29, 1.82) is 0 Å². The number of carbonyl (C=O) groups excluding carboxylic acids is 2. The third-order valence-electron chi connectivity index (χ3n) is 3.08. The monoisotopic (exact) mass is 288 g/mol. The van der Waals surface area contributed by atoms with E-state index in [0.717, 1.165) is 32.7 Å². The Morgan fingerprint density at radius 2 is 1.75 bits per heavy atom. The molecule has 0 saturated carbocycles. The fourth-order valence-corrected chi connectivity index (χ4v) is 1.86. The van der Waals surface area contributed by atoms with Gasteiger partial charge in [0.1, 0.15) is 0 Å². The number of amides is 2. The Balaban J connectivity index is 2.12. The molecular formula is C12H24N4O4. The van der Waals surface area contributed by atoms with E-state index >= 15 is 0 Å². The van der Waals surface area contributed by atoms with Crippen molar-refractivity contribution >= 4 is 11.8 Å². The maximum atomic E-state index is 11.5. The van der Waals surface area contributed by atoms with Crippen molar-refractivity contribution in [3.8, 4) is 0 Å². The molecule has 0 atom stereocenters. The number of hydrogen-bond acceptors (Lipinski definition) is 6. The van der Waals surface area contributed by atoms with Crippen LogP contribution in [-0.2, 0) is 19.1 Å². The molecule has 1 rings (SSSR count). The van der Waals surface area contributed by atoms with Crippen LogP contribution < -0.4 is 16.0 Å². The smallest absolute Gasteiger partial charge is 0.309 e. The number of carbonyl (C=O) groups is 2. The second-order valence-electron chi connectivity index (χ2n) is 4.46. The summed E-state index contributed by atoms with van der Waals surface area (Å²) in [6.45, 7) is 5.20. The molecule has 0 bridgehead atoms. The minimum absolute atomic E-state index is 0.136. The molecule has 1 aliphatic rings. The Kier molecular flexibility index (Phi) is 8.12. The second-order valence-corrected chi connectivity index (χ2v) is 4.46. The Morgan fingerprint density at radius 1 is 1.15 bits per heavy atom. The molecule has 8 heteroatoms. The molecule has 116 valence electrons. The topological polar surface area (TPSA) is 91.9 Å². The van der Waals surface area contributed by atoms with Gasteiger partial charge in [-0.15, -0.1) is 0 Å². The molecule has 0 aromatic heterocycles. The van der Waals surface area contributed by atoms with Crippen molar-refractivity contribution in [3.05, 3.63) is 0 Å². The Morgan fingerprint density at radius 3 is 2.35 bits per heavy atom. The van der Waals surface area contributed by atoms with Crippen molar-refractivity contribution in [2.45, 2.75) is 6.29 Å². The fourth-order valence-electron chi connectivity index (χ4n) is 1.86. The maximum Gasteiger partial charge on any atom is 0.309 e. The first-order chi connectivity index (χ1) is 9.67. The predicted octanol–water partition coefficient (Wildman–Crippen LogP) is -2.26. The van der Waals surface area contributed by atoms with Crippen LogP contribution in [0.15, 0.2) is 0 Å². The summed E-state index contributed by atoms with van der Waals surface area (Å²) in [5, 5.41) is 8.30. The molecule has 0 aromatic carbocycles. The van der Waals surface area contributed by atoms with Crippen LogP contribution in [-0.4, -0.2) is 83.0 Å². The highest BCUT2D eigenvalue weighted by Gasteiger charge is 2.16. The largest absolute Gasteiger partial charge is 0.354 e. The van der Waals surface area contributed by atoms with Crippen LogP contribution in [0.5, 0.6) is 0 Å². The lowest BCUT2D eigenvalue weighted by molar-refractivity contribution is -0.141. The first-order valence-corrected chi connectivity index (χ1v) is 6.72. The number of nitrogens with zero attached hydrogens (tertiary/aromatic N) is 1. The summed E-state index contributed by atoms with van der Waals surface area (Å²) >= 11 is 0. The van der Waals surface area contributed by atoms with E-state index in [4.69, 9.17) is 9.47 Å². The quantitative estimate of drug-likeness (QED) is 0.362. The lowest BCUT2D eigenvalue weighted by Gasteiger charge is -2.27. The molecule has 0 unspecified atom stereocenters. The van der Waals surface area contributed by atoms with Crippen LogP contribution in [0.25, 0.3) is 0 Å². The van der Waals surface area contributed by atoms with Crippen molar-refractivity contribution in [3.63, 3.8) is 0 Å². The SMILES string of the molecule is COC(CNC(=O)C(=O)NCCN1CCNCC1)OC. The van der Waals surface area contributed by atoms with Gasteiger partial charge in [-0.1, -0.05) is 0 Å². The molecule has 0 aromatic rings. The van der Waals surface area contributed by atoms with Gasteiger partial charge in [-0.05, 0) is 0 Å². The van der Waals surface area contributed by atoms with Crippen LogP contribution >= 0.6 is 0 Å². The van der Waals surface area contributed by atoms with Gasteiger partial charge in [0.25, 0.3) is 0 Å². The predicted molar refractivity (Wildman–Crippen MR) is 73.1 cm³/mol. The van der Waals surface area contributed by atoms with E-state index in [1.807, 2.05) is 0 Å². The second kappa shape index (κ2) is 9.65. The summed E-state index contributed by atoms with van der Waals surface area (Å²) in [6.07, 6.45) is -0.549. The van der Waals surface area contributed by atoms with Gasteiger partial charge in [0.15, 0.2) is 6.29 Å². The summed E-state index contributed by atoms with van der Waals surface area (Å²) in [5.41, 5.74) is 0. The highest BCUT2D eigenvalue weighted by molar-refractivity contribution is 6.35. The average Bonchev–Trinajstić information content (AvgIpc) is 2.49. The van der Waals surface area contributed by atoms with Crippen molar-refractivity contribution in [2.75, 3.05) is 60.0 Å². The van der Waals surface area contributed by atoms with Crippen molar-refractivity contribution in [1.82, 2.24) is 20.9 Å². The zero-order valence-electron chi connectivity index (χ0n) is 12.1. The summed E-state index contributed by atoms with van der Waals surface area (Å²) in [4.78, 5) is 25.3. The van der Waals surface area contributed by atoms with Crippen LogP contribution in [0.1, 0.15) is 0 Å². The van der Waals surface area contributed by atoms with Gasteiger partial charge in [0.2, 0.25) is 0 Å². The molecule has 0 aliphatic carbocycles. The van der Waals surface area contributed by atoms with Gasteiger partial charge >= 0.3 is 11.8 Å². The fraction of sp³-hybridized carbons (Fsp3) is 0.833. The number of nitrogens with one attached hydrogen (secondary N) is 3. The van der Waals surface area contributed by atoms with Gasteiger partial charge in [-0.25, -0.2) is 0 Å². The van der Waals surface area contributed by atoms with E-state index in [1.54, 1.807) is 0 Å². The molecule has 1 fully saturated rings. The Bertz CT molecular complexity index is 304. The summed E-state index contributed by atoms with van der Waals surface area (Å²) in [6, 6.07) is 0. The minimum Gasteiger partial charge on any atom is -0.354 e. The highest BCUT2D eigenvalue weighted by Crippen LogP contribution is 1.90. The van der Waals surface area contributed by atoms with Crippen LogP contribution in [0.4, 0.5) is 0 Å². The van der Waals surface area contributed by atoms with E-state index in [-0.39, 0.29) is 6.54 Å². The molecular weight excluding hydrogens is 264 g/mol. The third kappa shape index (κ3) is 6.29. The lowest BCUT2D eigenvalue weighted by Crippen LogP contribution is -2.48. The van der Waals surface area contributed by atoms with Crippen LogP contribution in [0.2, 0.25) is 0 Å². The Hall–Kier alpha value is -1.22. The molecule has 0 spiro atoms. The zero-order valence-corrected chi connectivity index (χ0v) is 12.1. The number of hydrogen-bond donors (Lipinski definition) is 3. The molecule has 20 heavy (non-hydrogen) atoms. The first-order valence-electron chi connectivity index (χ1n) is 6.72. The number of ether oxygens (including phenoxy) is 2. The zero-order chi connectivity index (χ0) is 14.8. The maximum absolute atomic E-state index is 11.5. The molecule has 3 N–H and O–H groups in total. The van der Waals surface area contributed by atoms with Crippen LogP contribution in [0, 0.1) is 0 Å². The number of rotatable bonds is 7. The number of methoxy groups -OCH3 is 2. The van der Waals surface area contributed by atoms with Crippen molar-refractivity contribution in [2.24, 2.45) is 0 Å². The summed E-state index contributed by atoms with van der Waals surface area (Å²) < 4.78 is 9.82. The van der Waals surface area contributed by atoms with E-state index in [9.17, 15) is 9.59 Å². The van der Waals surface area contributed by atoms with E-state index in [0.29, 0.717) is 6.54 Å². The molecule has 0 radical (unpaired) electrons. The lowest BCUT2D eigenvalue weighted by atomic mass is 10.3. The molecule has 1 saturated heterocycles. The minimum atomic E-state index is -0.676. The van der Waals surface area contributed by atoms with E-state index in [2.05, 4.69) is 20.9 Å². The van der Waals surface area contributed by atoms with Gasteiger partial charge in [-0.2, -0.15) is 0 Å². The molecule has 2 amide bonds. The van der Waals surface area contributed by atoms with Gasteiger partial charge in [0, 0.05) is 53.5 Å². The number of piperazine rings is 1. The standard InChI is InChI=1S/C12H24N4O4/c1-19-10(20-2)9-15-12(18)11(17)14-5-8-16-6-3-13-4-7-16/h10,13H,3-9H2,1-2H3,(H,14,17)(H,15,18). The summed E-state index contributed by atoms with van der Waals surface area (Å²) in [7, 11) is 2.93. The summed E-state index contributed by atoms with van der Waals surface area (Å²) in [5.74, 6) is -1.31. The first kappa shape index (κ1) is 16.8. The highest BCUT2D eigenvalue weighted by atomic mass is 16.7. The van der Waals surface area contributed by atoms with Crippen molar-refractivity contribution < 1.29 is 19.1 Å². The molecule has 1 aliphatic heterocycles. The van der Waals surface area contributed by atoms with E-state index in [1.165, 1.54) is 14.2 Å². The Labute approximate surface area is 119 Å².